The van der Waals surface area contributed by atoms with Gasteiger partial charge in [-0.25, -0.2) is 0 Å². The van der Waals surface area contributed by atoms with E-state index in [4.69, 9.17) is 14.6 Å². The van der Waals surface area contributed by atoms with Crippen molar-refractivity contribution in [1.82, 2.24) is 0 Å². The summed E-state index contributed by atoms with van der Waals surface area (Å²) in [5.74, 6) is 0.396. The zero-order valence-electron chi connectivity index (χ0n) is 11.6. The number of carboxylic acid groups (broad SMARTS) is 1. The van der Waals surface area contributed by atoms with E-state index in [1.165, 1.54) is 0 Å². The summed E-state index contributed by atoms with van der Waals surface area (Å²) in [6, 6.07) is 5.94. The Morgan fingerprint density at radius 1 is 1.47 bits per heavy atom. The fourth-order valence-corrected chi connectivity index (χ4v) is 2.52. The molecule has 1 fully saturated rings. The molecule has 2 rings (SSSR count). The van der Waals surface area contributed by atoms with E-state index in [1.54, 1.807) is 7.11 Å². The van der Waals surface area contributed by atoms with Crippen LogP contribution in [0.25, 0.3) is 0 Å². The fraction of sp³-hybridized carbons (Fsp3) is 0.533. The number of carbonyl (C=O) groups is 1. The van der Waals surface area contributed by atoms with Crippen LogP contribution in [0.15, 0.2) is 18.2 Å². The number of ether oxygens (including phenoxy) is 2. The Labute approximate surface area is 113 Å². The van der Waals surface area contributed by atoms with Crippen molar-refractivity contribution in [2.45, 2.75) is 31.6 Å². The second-order valence-corrected chi connectivity index (χ2v) is 5.46. The molecule has 1 aromatic rings. The summed E-state index contributed by atoms with van der Waals surface area (Å²) in [5, 5.41) is 9.07. The molecular formula is C15H20O4. The molecule has 0 aromatic heterocycles. The van der Waals surface area contributed by atoms with Crippen LogP contribution in [0.5, 0.6) is 5.75 Å². The lowest BCUT2D eigenvalue weighted by Gasteiger charge is -2.41. The van der Waals surface area contributed by atoms with E-state index < -0.39 is 5.97 Å². The van der Waals surface area contributed by atoms with Gasteiger partial charge in [-0.2, -0.15) is 0 Å². The molecule has 19 heavy (non-hydrogen) atoms. The molecule has 104 valence electrons. The van der Waals surface area contributed by atoms with Crippen LogP contribution in [0.4, 0.5) is 0 Å². The van der Waals surface area contributed by atoms with Crippen LogP contribution >= 0.6 is 0 Å². The van der Waals surface area contributed by atoms with Gasteiger partial charge in [-0.05, 0) is 23.1 Å². The molecule has 0 bridgehead atoms. The number of rotatable bonds is 5. The van der Waals surface area contributed by atoms with Gasteiger partial charge in [-0.1, -0.05) is 26.0 Å². The van der Waals surface area contributed by atoms with E-state index in [0.29, 0.717) is 19.1 Å². The number of hydrogen-bond acceptors (Lipinski definition) is 3. The first-order valence-electron chi connectivity index (χ1n) is 6.46. The maximum absolute atomic E-state index is 11.0. The Bertz CT molecular complexity index is 475. The maximum Gasteiger partial charge on any atom is 0.304 e. The molecule has 0 aliphatic carbocycles. The van der Waals surface area contributed by atoms with Gasteiger partial charge in [0.15, 0.2) is 0 Å². The van der Waals surface area contributed by atoms with Crippen molar-refractivity contribution in [3.05, 3.63) is 29.3 Å². The molecule has 1 N–H and O–H groups in total. The van der Waals surface area contributed by atoms with Crippen molar-refractivity contribution in [1.29, 1.82) is 0 Å². The third-order valence-electron chi connectivity index (χ3n) is 3.71. The first-order chi connectivity index (χ1) is 8.98. The SMILES string of the molecule is COc1ccc(C2(CC(=O)O)COC2)cc1C(C)C. The zero-order chi connectivity index (χ0) is 14.0. The van der Waals surface area contributed by atoms with E-state index >= 15 is 0 Å². The number of aliphatic carboxylic acids is 1. The third-order valence-corrected chi connectivity index (χ3v) is 3.71. The van der Waals surface area contributed by atoms with Gasteiger partial charge in [-0.3, -0.25) is 4.79 Å². The van der Waals surface area contributed by atoms with Crippen LogP contribution in [-0.2, 0) is 14.9 Å². The van der Waals surface area contributed by atoms with Gasteiger partial charge in [0.05, 0.1) is 32.2 Å². The molecule has 0 spiro atoms. The van der Waals surface area contributed by atoms with E-state index in [2.05, 4.69) is 19.9 Å². The molecule has 1 aliphatic heterocycles. The highest BCUT2D eigenvalue weighted by Gasteiger charge is 2.42. The predicted octanol–water partition coefficient (Wildman–Crippen LogP) is 2.56. The second kappa shape index (κ2) is 5.21. The summed E-state index contributed by atoms with van der Waals surface area (Å²) in [4.78, 5) is 11.0. The van der Waals surface area contributed by atoms with Crippen LogP contribution in [0, 0.1) is 0 Å². The predicted molar refractivity (Wildman–Crippen MR) is 71.8 cm³/mol. The largest absolute Gasteiger partial charge is 0.496 e. The highest BCUT2D eigenvalue weighted by atomic mass is 16.5. The minimum atomic E-state index is -0.787. The van der Waals surface area contributed by atoms with Crippen molar-refractivity contribution in [2.24, 2.45) is 0 Å². The molecule has 0 saturated carbocycles. The quantitative estimate of drug-likeness (QED) is 0.888. The Morgan fingerprint density at radius 2 is 2.16 bits per heavy atom. The number of carboxylic acids is 1. The minimum Gasteiger partial charge on any atom is -0.496 e. The van der Waals surface area contributed by atoms with Gasteiger partial charge >= 0.3 is 5.97 Å². The lowest BCUT2D eigenvalue weighted by Crippen LogP contribution is -2.48. The van der Waals surface area contributed by atoms with Gasteiger partial charge in [0, 0.05) is 0 Å². The molecule has 0 atom stereocenters. The van der Waals surface area contributed by atoms with Gasteiger partial charge in [0.25, 0.3) is 0 Å². The van der Waals surface area contributed by atoms with Gasteiger partial charge in [0.1, 0.15) is 5.75 Å². The fourth-order valence-electron chi connectivity index (χ4n) is 2.52. The Hall–Kier alpha value is -1.55. The normalized spacial score (nSPS) is 17.1. The van der Waals surface area contributed by atoms with Crippen molar-refractivity contribution >= 4 is 5.97 Å². The molecule has 0 amide bonds. The smallest absolute Gasteiger partial charge is 0.304 e. The summed E-state index contributed by atoms with van der Waals surface area (Å²) >= 11 is 0. The average Bonchev–Trinajstić information content (AvgIpc) is 2.32. The standard InChI is InChI=1S/C15H20O4/c1-10(2)12-6-11(4-5-13(12)18-3)15(7-14(16)17)8-19-9-15/h4-6,10H,7-9H2,1-3H3,(H,16,17). The topological polar surface area (TPSA) is 55.8 Å². The lowest BCUT2D eigenvalue weighted by molar-refractivity contribution is -0.145. The lowest BCUT2D eigenvalue weighted by atomic mass is 9.75. The second-order valence-electron chi connectivity index (χ2n) is 5.46. The summed E-state index contributed by atoms with van der Waals surface area (Å²) < 4.78 is 10.6. The third kappa shape index (κ3) is 2.59. The molecular weight excluding hydrogens is 244 g/mol. The highest BCUT2D eigenvalue weighted by molar-refractivity contribution is 5.69. The van der Waals surface area contributed by atoms with Crippen molar-refractivity contribution in [2.75, 3.05) is 20.3 Å². The number of methoxy groups -OCH3 is 1. The Morgan fingerprint density at radius 3 is 2.58 bits per heavy atom. The summed E-state index contributed by atoms with van der Waals surface area (Å²) in [7, 11) is 1.65. The van der Waals surface area contributed by atoms with Crippen LogP contribution in [0.2, 0.25) is 0 Å². The Balaban J connectivity index is 2.39. The van der Waals surface area contributed by atoms with Crippen LogP contribution < -0.4 is 4.74 Å². The molecule has 1 saturated heterocycles. The van der Waals surface area contributed by atoms with Crippen LogP contribution in [0.1, 0.15) is 37.3 Å². The van der Waals surface area contributed by atoms with E-state index in [1.807, 2.05) is 12.1 Å². The molecule has 1 aromatic carbocycles. The zero-order valence-corrected chi connectivity index (χ0v) is 11.6. The van der Waals surface area contributed by atoms with Crippen LogP contribution in [0.3, 0.4) is 0 Å². The van der Waals surface area contributed by atoms with Gasteiger partial charge in [0.2, 0.25) is 0 Å². The molecule has 1 heterocycles. The van der Waals surface area contributed by atoms with Crippen LogP contribution in [-0.4, -0.2) is 31.4 Å². The van der Waals surface area contributed by atoms with Crippen molar-refractivity contribution in [3.8, 4) is 5.75 Å². The summed E-state index contributed by atoms with van der Waals surface area (Å²) in [6.45, 7) is 5.15. The Kier molecular flexibility index (Phi) is 3.80. The van der Waals surface area contributed by atoms with E-state index in [0.717, 1.165) is 16.9 Å². The number of benzene rings is 1. The first kappa shape index (κ1) is 13.9. The minimum absolute atomic E-state index is 0.108. The molecule has 1 aliphatic rings. The summed E-state index contributed by atoms with van der Waals surface area (Å²) in [5.41, 5.74) is 1.77. The van der Waals surface area contributed by atoms with E-state index in [-0.39, 0.29) is 11.8 Å². The number of hydrogen-bond donors (Lipinski definition) is 1. The molecule has 4 heteroatoms. The summed E-state index contributed by atoms with van der Waals surface area (Å²) in [6.07, 6.45) is 0.108. The van der Waals surface area contributed by atoms with Gasteiger partial charge < -0.3 is 14.6 Å². The molecule has 4 nitrogen and oxygen atoms in total. The van der Waals surface area contributed by atoms with Gasteiger partial charge in [-0.15, -0.1) is 0 Å². The van der Waals surface area contributed by atoms with Crippen molar-refractivity contribution < 1.29 is 19.4 Å². The average molecular weight is 264 g/mol. The molecule has 0 unspecified atom stereocenters. The highest BCUT2D eigenvalue weighted by Crippen LogP contribution is 2.39. The molecule has 0 radical (unpaired) electrons. The monoisotopic (exact) mass is 264 g/mol. The first-order valence-corrected chi connectivity index (χ1v) is 6.46. The maximum atomic E-state index is 11.0. The van der Waals surface area contributed by atoms with Crippen molar-refractivity contribution in [3.63, 3.8) is 0 Å². The van der Waals surface area contributed by atoms with E-state index in [9.17, 15) is 4.79 Å².